The molecule has 10 nitrogen and oxygen atoms in total. The van der Waals surface area contributed by atoms with E-state index in [1.54, 1.807) is 12.4 Å². The zero-order valence-electron chi connectivity index (χ0n) is 20.2. The standard InChI is InChI=1S/C25H30N8O2/c1-24(2,3)32-20(34)15-33-14-18(13-30-33)21(35)31-22(26)25(9-4-10-25)19-7-5-16(6-8-19)17-11-28-23(27)29-12-17/h5-8,11-14H,4,9-10,15H2,1-3H3,(H,32,34)(H2,26,31,35)(H2,27,28,29). The van der Waals surface area contributed by atoms with E-state index in [0.717, 1.165) is 36.0 Å². The Morgan fingerprint density at radius 1 is 1.09 bits per heavy atom. The molecule has 1 aromatic carbocycles. The lowest BCUT2D eigenvalue weighted by Gasteiger charge is -2.41. The third kappa shape index (κ3) is 5.37. The fraction of sp³-hybridized carbons (Fsp3) is 0.360. The van der Waals surface area contributed by atoms with Crippen LogP contribution in [0, 0.1) is 0 Å². The number of hydrogen-bond acceptors (Lipinski definition) is 6. The molecule has 182 valence electrons. The van der Waals surface area contributed by atoms with Gasteiger partial charge in [-0.2, -0.15) is 10.1 Å². The lowest BCUT2D eigenvalue weighted by atomic mass is 9.63. The Labute approximate surface area is 203 Å². The fourth-order valence-corrected chi connectivity index (χ4v) is 4.14. The molecule has 1 saturated carbocycles. The van der Waals surface area contributed by atoms with E-state index in [9.17, 15) is 9.59 Å². The van der Waals surface area contributed by atoms with Crippen molar-refractivity contribution in [1.82, 2.24) is 25.1 Å². The van der Waals surface area contributed by atoms with Crippen molar-refractivity contribution in [3.8, 4) is 11.1 Å². The number of carbonyl (C=O) groups excluding carboxylic acids is 2. The molecular formula is C25H30N8O2. The highest BCUT2D eigenvalue weighted by molar-refractivity contribution is 6.06. The van der Waals surface area contributed by atoms with Crippen molar-refractivity contribution >= 4 is 23.6 Å². The molecule has 0 aliphatic heterocycles. The molecule has 2 aromatic heterocycles. The van der Waals surface area contributed by atoms with Gasteiger partial charge in [-0.1, -0.05) is 30.7 Å². The van der Waals surface area contributed by atoms with Crippen LogP contribution in [0.1, 0.15) is 56.0 Å². The molecule has 0 saturated heterocycles. The van der Waals surface area contributed by atoms with Crippen molar-refractivity contribution in [1.29, 1.82) is 0 Å². The van der Waals surface area contributed by atoms with Crippen LogP contribution in [0.3, 0.4) is 0 Å². The van der Waals surface area contributed by atoms with E-state index in [4.69, 9.17) is 11.5 Å². The Kier molecular flexibility index (Phi) is 6.38. The van der Waals surface area contributed by atoms with Gasteiger partial charge in [0.2, 0.25) is 11.9 Å². The maximum Gasteiger partial charge on any atom is 0.281 e. The molecule has 1 aliphatic carbocycles. The summed E-state index contributed by atoms with van der Waals surface area (Å²) < 4.78 is 1.42. The molecule has 0 radical (unpaired) electrons. The predicted octanol–water partition coefficient (Wildman–Crippen LogP) is 2.46. The van der Waals surface area contributed by atoms with Crippen LogP contribution < -0.4 is 16.8 Å². The monoisotopic (exact) mass is 474 g/mol. The number of aromatic nitrogens is 4. The highest BCUT2D eigenvalue weighted by Gasteiger charge is 2.43. The van der Waals surface area contributed by atoms with E-state index in [-0.39, 0.29) is 35.3 Å². The van der Waals surface area contributed by atoms with Crippen LogP contribution in [0.4, 0.5) is 5.95 Å². The number of benzene rings is 1. The van der Waals surface area contributed by atoms with Gasteiger partial charge in [-0.05, 0) is 44.7 Å². The Morgan fingerprint density at radius 3 is 2.31 bits per heavy atom. The van der Waals surface area contributed by atoms with Gasteiger partial charge in [-0.3, -0.25) is 14.3 Å². The zero-order chi connectivity index (χ0) is 25.2. The Bertz CT molecular complexity index is 1250. The van der Waals surface area contributed by atoms with Gasteiger partial charge in [0.1, 0.15) is 12.4 Å². The van der Waals surface area contributed by atoms with Crippen molar-refractivity contribution in [2.45, 2.75) is 57.5 Å². The summed E-state index contributed by atoms with van der Waals surface area (Å²) >= 11 is 0. The molecule has 2 heterocycles. The van der Waals surface area contributed by atoms with Gasteiger partial charge in [0.15, 0.2) is 0 Å². The molecule has 4 rings (SSSR count). The number of aliphatic imine (C=N–C) groups is 1. The number of anilines is 1. The number of nitrogen functional groups attached to an aromatic ring is 1. The topological polar surface area (TPSA) is 154 Å². The Hall–Kier alpha value is -4.08. The number of amidine groups is 1. The zero-order valence-corrected chi connectivity index (χ0v) is 20.2. The van der Waals surface area contributed by atoms with Crippen molar-refractivity contribution in [2.24, 2.45) is 10.7 Å². The van der Waals surface area contributed by atoms with Crippen LogP contribution in [0.5, 0.6) is 0 Å². The summed E-state index contributed by atoms with van der Waals surface area (Å²) in [5.74, 6) is -0.154. The van der Waals surface area contributed by atoms with Crippen molar-refractivity contribution in [3.63, 3.8) is 0 Å². The van der Waals surface area contributed by atoms with Gasteiger partial charge >= 0.3 is 0 Å². The van der Waals surface area contributed by atoms with Crippen LogP contribution in [0.15, 0.2) is 54.0 Å². The third-order valence-corrected chi connectivity index (χ3v) is 6.06. The maximum atomic E-state index is 12.8. The van der Waals surface area contributed by atoms with Crippen LogP contribution in [0.25, 0.3) is 11.1 Å². The van der Waals surface area contributed by atoms with E-state index >= 15 is 0 Å². The van der Waals surface area contributed by atoms with Gasteiger partial charge in [-0.15, -0.1) is 0 Å². The molecule has 1 fully saturated rings. The molecule has 1 aliphatic rings. The van der Waals surface area contributed by atoms with Gasteiger partial charge in [0.25, 0.3) is 5.91 Å². The second-order valence-corrected chi connectivity index (χ2v) is 9.87. The van der Waals surface area contributed by atoms with Gasteiger partial charge in [-0.25, -0.2) is 9.97 Å². The van der Waals surface area contributed by atoms with E-state index in [1.165, 1.54) is 17.1 Å². The summed E-state index contributed by atoms with van der Waals surface area (Å²) in [7, 11) is 0. The lowest BCUT2D eigenvalue weighted by molar-refractivity contribution is -0.123. The van der Waals surface area contributed by atoms with E-state index in [1.807, 2.05) is 45.0 Å². The number of carbonyl (C=O) groups is 2. The van der Waals surface area contributed by atoms with Crippen molar-refractivity contribution in [3.05, 3.63) is 60.2 Å². The minimum absolute atomic E-state index is 0.0130. The number of nitrogens with two attached hydrogens (primary N) is 2. The SMILES string of the molecule is CC(C)(C)NC(=O)Cn1cc(C(=O)N=C(N)C2(c3ccc(-c4cnc(N)nc4)cc3)CCC2)cn1. The Morgan fingerprint density at radius 2 is 1.74 bits per heavy atom. The molecule has 10 heteroatoms. The average Bonchev–Trinajstić information content (AvgIpc) is 3.21. The first kappa shape index (κ1) is 24.1. The minimum atomic E-state index is -0.480. The largest absolute Gasteiger partial charge is 0.386 e. The second-order valence-electron chi connectivity index (χ2n) is 9.87. The summed E-state index contributed by atoms with van der Waals surface area (Å²) in [5.41, 5.74) is 14.3. The molecule has 0 atom stereocenters. The summed E-state index contributed by atoms with van der Waals surface area (Å²) in [5, 5.41) is 6.98. The van der Waals surface area contributed by atoms with Crippen molar-refractivity contribution in [2.75, 3.05) is 5.73 Å². The van der Waals surface area contributed by atoms with Crippen molar-refractivity contribution < 1.29 is 9.59 Å². The molecule has 0 bridgehead atoms. The lowest BCUT2D eigenvalue weighted by Crippen LogP contribution is -2.47. The first-order valence-electron chi connectivity index (χ1n) is 11.5. The maximum absolute atomic E-state index is 12.8. The van der Waals surface area contributed by atoms with E-state index in [2.05, 4.69) is 25.4 Å². The third-order valence-electron chi connectivity index (χ3n) is 6.06. The molecule has 3 aromatic rings. The highest BCUT2D eigenvalue weighted by atomic mass is 16.2. The number of rotatable bonds is 6. The summed E-state index contributed by atoms with van der Waals surface area (Å²) in [4.78, 5) is 37.3. The summed E-state index contributed by atoms with van der Waals surface area (Å²) in [6, 6.07) is 7.96. The molecule has 5 N–H and O–H groups in total. The molecule has 0 unspecified atom stereocenters. The van der Waals surface area contributed by atoms with Gasteiger partial charge < -0.3 is 16.8 Å². The molecule has 0 spiro atoms. The van der Waals surface area contributed by atoms with Gasteiger partial charge in [0.05, 0.1) is 17.2 Å². The Balaban J connectivity index is 1.49. The number of hydrogen-bond donors (Lipinski definition) is 3. The predicted molar refractivity (Wildman–Crippen MR) is 133 cm³/mol. The van der Waals surface area contributed by atoms with E-state index in [0.29, 0.717) is 0 Å². The van der Waals surface area contributed by atoms with E-state index < -0.39 is 11.3 Å². The number of nitrogens with one attached hydrogen (secondary N) is 1. The van der Waals surface area contributed by atoms with Crippen LogP contribution in [0.2, 0.25) is 0 Å². The molecule has 2 amide bonds. The smallest absolute Gasteiger partial charge is 0.281 e. The van der Waals surface area contributed by atoms with Crippen LogP contribution >= 0.6 is 0 Å². The quantitative estimate of drug-likeness (QED) is 0.366. The number of nitrogens with zero attached hydrogens (tertiary/aromatic N) is 5. The minimum Gasteiger partial charge on any atom is -0.386 e. The normalized spacial score (nSPS) is 15.3. The fourth-order valence-electron chi connectivity index (χ4n) is 4.14. The summed E-state index contributed by atoms with van der Waals surface area (Å²) in [6.45, 7) is 5.71. The highest BCUT2D eigenvalue weighted by Crippen LogP contribution is 2.44. The first-order valence-corrected chi connectivity index (χ1v) is 11.5. The van der Waals surface area contributed by atoms with Crippen LogP contribution in [-0.4, -0.2) is 42.9 Å². The second kappa shape index (κ2) is 9.28. The van der Waals surface area contributed by atoms with Crippen LogP contribution in [-0.2, 0) is 16.8 Å². The molecular weight excluding hydrogens is 444 g/mol. The number of amides is 2. The molecule has 35 heavy (non-hydrogen) atoms. The van der Waals surface area contributed by atoms with Gasteiger partial charge in [0, 0.05) is 29.7 Å². The first-order chi connectivity index (χ1) is 16.6. The average molecular weight is 475 g/mol. The summed E-state index contributed by atoms with van der Waals surface area (Å²) in [6.07, 6.45) is 8.89.